The van der Waals surface area contributed by atoms with Gasteiger partial charge in [0.15, 0.2) is 0 Å². The fraction of sp³-hybridized carbons (Fsp3) is 0.389. The normalized spacial score (nSPS) is 24.0. The summed E-state index contributed by atoms with van der Waals surface area (Å²) in [7, 11) is 0. The summed E-state index contributed by atoms with van der Waals surface area (Å²) in [6, 6.07) is 5.49. The summed E-state index contributed by atoms with van der Waals surface area (Å²) < 4.78 is 12.9. The van der Waals surface area contributed by atoms with E-state index in [1.807, 2.05) is 12.2 Å². The average molecular weight is 330 g/mol. The topological polar surface area (TPSA) is 66.5 Å². The molecule has 1 N–H and O–H groups in total. The Hall–Kier alpha value is -2.50. The maximum absolute atomic E-state index is 12.9. The van der Waals surface area contributed by atoms with Gasteiger partial charge in [0, 0.05) is 0 Å². The number of carbonyl (C=O) groups is 3. The van der Waals surface area contributed by atoms with Crippen LogP contribution in [0.15, 0.2) is 36.4 Å². The van der Waals surface area contributed by atoms with Crippen molar-refractivity contribution in [2.45, 2.75) is 25.8 Å². The number of likely N-dealkylation sites (tertiary alicyclic amines) is 1. The molecule has 1 aliphatic carbocycles. The molecule has 1 aromatic carbocycles. The molecule has 126 valence electrons. The van der Waals surface area contributed by atoms with Crippen LogP contribution in [0.25, 0.3) is 0 Å². The predicted octanol–water partition coefficient (Wildman–Crippen LogP) is 1.95. The lowest BCUT2D eigenvalue weighted by Crippen LogP contribution is -2.41. The standard InChI is InChI=1S/C18H19FN2O3/c1-11(12-6-8-13(19)9-7-12)20-16(22)10-21-17(23)14-4-2-3-5-15(14)18(21)24/h2-3,6-9,11,14-15H,4-5,10H2,1H3,(H,20,22)/t11-,14+,15+/m1/s1. The van der Waals surface area contributed by atoms with Crippen LogP contribution in [0, 0.1) is 17.7 Å². The summed E-state index contributed by atoms with van der Waals surface area (Å²) in [6.07, 6.45) is 4.93. The molecular formula is C18H19FN2O3. The number of fused-ring (bicyclic) bond motifs is 1. The number of hydrogen-bond donors (Lipinski definition) is 1. The van der Waals surface area contributed by atoms with E-state index >= 15 is 0 Å². The number of amides is 3. The Morgan fingerprint density at radius 2 is 1.71 bits per heavy atom. The lowest BCUT2D eigenvalue weighted by Gasteiger charge is -2.18. The highest BCUT2D eigenvalue weighted by molar-refractivity contribution is 6.07. The van der Waals surface area contributed by atoms with Crippen molar-refractivity contribution >= 4 is 17.7 Å². The van der Waals surface area contributed by atoms with E-state index in [-0.39, 0.29) is 42.1 Å². The maximum atomic E-state index is 12.9. The fourth-order valence-corrected chi connectivity index (χ4v) is 3.29. The SMILES string of the molecule is C[C@@H](NC(=O)CN1C(=O)[C@H]2CC=CC[C@@H]2C1=O)c1ccc(F)cc1. The number of nitrogens with one attached hydrogen (secondary N) is 1. The third kappa shape index (κ3) is 3.09. The Balaban J connectivity index is 1.61. The van der Waals surface area contributed by atoms with E-state index in [9.17, 15) is 18.8 Å². The van der Waals surface area contributed by atoms with Crippen LogP contribution in [0.4, 0.5) is 4.39 Å². The molecule has 24 heavy (non-hydrogen) atoms. The summed E-state index contributed by atoms with van der Waals surface area (Å²) in [4.78, 5) is 37.9. The Bertz CT molecular complexity index is 673. The van der Waals surface area contributed by atoms with Crippen molar-refractivity contribution in [2.24, 2.45) is 11.8 Å². The summed E-state index contributed by atoms with van der Waals surface area (Å²) in [5.74, 6) is -1.94. The van der Waals surface area contributed by atoms with Crippen molar-refractivity contribution in [2.75, 3.05) is 6.54 Å². The smallest absolute Gasteiger partial charge is 0.240 e. The van der Waals surface area contributed by atoms with Crippen LogP contribution in [0.3, 0.4) is 0 Å². The third-order valence-electron chi connectivity index (χ3n) is 4.65. The molecular weight excluding hydrogens is 311 g/mol. The van der Waals surface area contributed by atoms with Gasteiger partial charge >= 0.3 is 0 Å². The highest BCUT2D eigenvalue weighted by Crippen LogP contribution is 2.34. The largest absolute Gasteiger partial charge is 0.348 e. The number of halogens is 1. The average Bonchev–Trinajstić information content (AvgIpc) is 2.81. The van der Waals surface area contributed by atoms with Gasteiger partial charge in [-0.05, 0) is 37.5 Å². The second-order valence-electron chi connectivity index (χ2n) is 6.26. The molecule has 0 radical (unpaired) electrons. The summed E-state index contributed by atoms with van der Waals surface area (Å²) >= 11 is 0. The van der Waals surface area contributed by atoms with E-state index in [0.717, 1.165) is 10.5 Å². The zero-order chi connectivity index (χ0) is 17.3. The van der Waals surface area contributed by atoms with Crippen LogP contribution < -0.4 is 5.32 Å². The molecule has 3 amide bonds. The van der Waals surface area contributed by atoms with Crippen molar-refractivity contribution in [3.05, 3.63) is 47.8 Å². The molecule has 1 saturated heterocycles. The minimum absolute atomic E-state index is 0.265. The second-order valence-corrected chi connectivity index (χ2v) is 6.26. The summed E-state index contributed by atoms with van der Waals surface area (Å²) in [5.41, 5.74) is 0.752. The lowest BCUT2D eigenvalue weighted by atomic mass is 9.85. The monoisotopic (exact) mass is 330 g/mol. The van der Waals surface area contributed by atoms with Crippen molar-refractivity contribution in [3.63, 3.8) is 0 Å². The van der Waals surface area contributed by atoms with Gasteiger partial charge in [-0.25, -0.2) is 4.39 Å². The lowest BCUT2D eigenvalue weighted by molar-refractivity contribution is -0.143. The van der Waals surface area contributed by atoms with Crippen molar-refractivity contribution in [1.82, 2.24) is 10.2 Å². The van der Waals surface area contributed by atoms with E-state index < -0.39 is 5.91 Å². The minimum Gasteiger partial charge on any atom is -0.348 e. The van der Waals surface area contributed by atoms with E-state index in [0.29, 0.717) is 12.8 Å². The van der Waals surface area contributed by atoms with Gasteiger partial charge in [-0.2, -0.15) is 0 Å². The summed E-state index contributed by atoms with van der Waals surface area (Å²) in [5, 5.41) is 2.74. The van der Waals surface area contributed by atoms with Crippen molar-refractivity contribution in [1.29, 1.82) is 0 Å². The first-order valence-corrected chi connectivity index (χ1v) is 8.02. The van der Waals surface area contributed by atoms with Gasteiger partial charge in [0.05, 0.1) is 17.9 Å². The second kappa shape index (κ2) is 6.55. The predicted molar refractivity (Wildman–Crippen MR) is 85.0 cm³/mol. The molecule has 1 heterocycles. The van der Waals surface area contributed by atoms with Gasteiger partial charge in [-0.1, -0.05) is 24.3 Å². The highest BCUT2D eigenvalue weighted by Gasteiger charge is 2.47. The Labute approximate surface area is 139 Å². The Kier molecular flexibility index (Phi) is 4.46. The first-order valence-electron chi connectivity index (χ1n) is 8.02. The molecule has 3 atom stereocenters. The molecule has 1 aromatic rings. The molecule has 1 aliphatic heterocycles. The van der Waals surface area contributed by atoms with Gasteiger partial charge < -0.3 is 5.32 Å². The van der Waals surface area contributed by atoms with Gasteiger partial charge in [-0.15, -0.1) is 0 Å². The molecule has 0 bridgehead atoms. The van der Waals surface area contributed by atoms with Gasteiger partial charge in [0.25, 0.3) is 0 Å². The number of rotatable bonds is 4. The van der Waals surface area contributed by atoms with Crippen LogP contribution in [0.5, 0.6) is 0 Å². The molecule has 2 aliphatic rings. The molecule has 0 spiro atoms. The molecule has 0 saturated carbocycles. The summed E-state index contributed by atoms with van der Waals surface area (Å²) in [6.45, 7) is 1.50. The number of carbonyl (C=O) groups excluding carboxylic acids is 3. The van der Waals surface area contributed by atoms with E-state index in [4.69, 9.17) is 0 Å². The molecule has 6 heteroatoms. The molecule has 1 fully saturated rings. The van der Waals surface area contributed by atoms with E-state index in [1.54, 1.807) is 19.1 Å². The van der Waals surface area contributed by atoms with Crippen LogP contribution in [0.1, 0.15) is 31.4 Å². The number of hydrogen-bond acceptors (Lipinski definition) is 3. The van der Waals surface area contributed by atoms with Gasteiger partial charge in [-0.3, -0.25) is 19.3 Å². The van der Waals surface area contributed by atoms with Crippen LogP contribution in [-0.2, 0) is 14.4 Å². The number of benzene rings is 1. The van der Waals surface area contributed by atoms with Gasteiger partial charge in [0.2, 0.25) is 17.7 Å². The minimum atomic E-state index is -0.403. The van der Waals surface area contributed by atoms with Crippen LogP contribution in [0.2, 0.25) is 0 Å². The quantitative estimate of drug-likeness (QED) is 0.678. The Morgan fingerprint density at radius 1 is 1.17 bits per heavy atom. The van der Waals surface area contributed by atoms with E-state index in [1.165, 1.54) is 12.1 Å². The molecule has 0 aromatic heterocycles. The number of allylic oxidation sites excluding steroid dienone is 2. The van der Waals surface area contributed by atoms with Gasteiger partial charge in [0.1, 0.15) is 12.4 Å². The maximum Gasteiger partial charge on any atom is 0.240 e. The number of nitrogens with zero attached hydrogens (tertiary/aromatic N) is 1. The third-order valence-corrected chi connectivity index (χ3v) is 4.65. The van der Waals surface area contributed by atoms with E-state index in [2.05, 4.69) is 5.32 Å². The van der Waals surface area contributed by atoms with Crippen LogP contribution in [-0.4, -0.2) is 29.2 Å². The first kappa shape index (κ1) is 16.4. The number of imide groups is 1. The zero-order valence-electron chi connectivity index (χ0n) is 13.4. The molecule has 3 rings (SSSR count). The Morgan fingerprint density at radius 3 is 2.25 bits per heavy atom. The molecule has 5 nitrogen and oxygen atoms in total. The van der Waals surface area contributed by atoms with Crippen molar-refractivity contribution in [3.8, 4) is 0 Å². The molecule has 0 unspecified atom stereocenters. The zero-order valence-corrected chi connectivity index (χ0v) is 13.4. The fourth-order valence-electron chi connectivity index (χ4n) is 3.29. The van der Waals surface area contributed by atoms with Crippen molar-refractivity contribution < 1.29 is 18.8 Å². The van der Waals surface area contributed by atoms with Crippen LogP contribution >= 0.6 is 0 Å². The highest BCUT2D eigenvalue weighted by atomic mass is 19.1. The first-order chi connectivity index (χ1) is 11.5.